The Kier molecular flexibility index (Phi) is 8.10. The van der Waals surface area contributed by atoms with Gasteiger partial charge in [-0.25, -0.2) is 0 Å². The van der Waals surface area contributed by atoms with Gasteiger partial charge >= 0.3 is 0 Å². The lowest BCUT2D eigenvalue weighted by atomic mass is 10.0. The van der Waals surface area contributed by atoms with E-state index in [4.69, 9.17) is 0 Å². The minimum Gasteiger partial charge on any atom is -0.353 e. The van der Waals surface area contributed by atoms with Crippen molar-refractivity contribution in [2.45, 2.75) is 24.3 Å². The number of thioether (sulfide) groups is 1. The van der Waals surface area contributed by atoms with Crippen molar-refractivity contribution in [2.24, 2.45) is 0 Å². The van der Waals surface area contributed by atoms with Crippen LogP contribution in [0.3, 0.4) is 0 Å². The quantitative estimate of drug-likeness (QED) is 0.404. The van der Waals surface area contributed by atoms with Crippen LogP contribution < -0.4 is 10.6 Å². The van der Waals surface area contributed by atoms with E-state index in [1.54, 1.807) is 23.9 Å². The highest BCUT2D eigenvalue weighted by Gasteiger charge is 2.21. The summed E-state index contributed by atoms with van der Waals surface area (Å²) in [5, 5.41) is 5.86. The summed E-state index contributed by atoms with van der Waals surface area (Å²) >= 11 is 1.70. The van der Waals surface area contributed by atoms with Gasteiger partial charge in [-0.3, -0.25) is 9.59 Å². The molecule has 3 aromatic rings. The molecule has 2 amide bonds. The van der Waals surface area contributed by atoms with Crippen molar-refractivity contribution in [1.82, 2.24) is 10.6 Å². The summed E-state index contributed by atoms with van der Waals surface area (Å²) in [6.07, 6.45) is 0.441. The molecule has 0 saturated carbocycles. The predicted molar refractivity (Wildman–Crippen MR) is 123 cm³/mol. The molecule has 0 aromatic heterocycles. The van der Waals surface area contributed by atoms with E-state index in [2.05, 4.69) is 41.8 Å². The summed E-state index contributed by atoms with van der Waals surface area (Å²) in [6.45, 7) is 2.59. The van der Waals surface area contributed by atoms with Gasteiger partial charge in [0.1, 0.15) is 6.04 Å². The second-order valence-corrected chi connectivity index (χ2v) is 8.20. The topological polar surface area (TPSA) is 58.2 Å². The fraction of sp³-hybridized carbons (Fsp3) is 0.200. The van der Waals surface area contributed by atoms with Gasteiger partial charge in [0, 0.05) is 29.2 Å². The zero-order valence-corrected chi connectivity index (χ0v) is 17.8. The molecule has 1 unspecified atom stereocenters. The Morgan fingerprint density at radius 1 is 0.867 bits per heavy atom. The molecular formula is C25H26N2O2S. The van der Waals surface area contributed by atoms with Crippen molar-refractivity contribution in [3.8, 4) is 0 Å². The Morgan fingerprint density at radius 3 is 2.17 bits per heavy atom. The summed E-state index contributed by atoms with van der Waals surface area (Å²) in [5.41, 5.74) is 2.77. The molecule has 30 heavy (non-hydrogen) atoms. The number of nitrogens with one attached hydrogen (secondary N) is 2. The van der Waals surface area contributed by atoms with Gasteiger partial charge in [-0.1, -0.05) is 66.2 Å². The van der Waals surface area contributed by atoms with Crippen LogP contribution in [-0.2, 0) is 11.2 Å². The Morgan fingerprint density at radius 2 is 1.50 bits per heavy atom. The van der Waals surface area contributed by atoms with Crippen molar-refractivity contribution in [3.63, 3.8) is 0 Å². The first kappa shape index (κ1) is 21.7. The minimum absolute atomic E-state index is 0.173. The molecule has 0 radical (unpaired) electrons. The number of carbonyl (C=O) groups is 2. The molecule has 1 atom stereocenters. The number of amides is 2. The summed E-state index contributed by atoms with van der Waals surface area (Å²) < 4.78 is 0. The number of aryl methyl sites for hydroxylation is 1. The summed E-state index contributed by atoms with van der Waals surface area (Å²) in [7, 11) is 0. The lowest BCUT2D eigenvalue weighted by Gasteiger charge is -2.19. The number of benzene rings is 3. The number of carbonyl (C=O) groups excluding carboxylic acids is 2. The van der Waals surface area contributed by atoms with E-state index < -0.39 is 6.04 Å². The number of hydrogen-bond donors (Lipinski definition) is 2. The van der Waals surface area contributed by atoms with Crippen LogP contribution in [0.25, 0.3) is 0 Å². The fourth-order valence-corrected chi connectivity index (χ4v) is 3.76. The van der Waals surface area contributed by atoms with Crippen molar-refractivity contribution in [2.75, 3.05) is 12.3 Å². The highest BCUT2D eigenvalue weighted by atomic mass is 32.2. The maximum Gasteiger partial charge on any atom is 0.251 e. The van der Waals surface area contributed by atoms with E-state index in [-0.39, 0.29) is 11.8 Å². The fourth-order valence-electron chi connectivity index (χ4n) is 2.99. The zero-order valence-electron chi connectivity index (χ0n) is 17.0. The van der Waals surface area contributed by atoms with E-state index in [1.165, 1.54) is 10.5 Å². The molecule has 3 aromatic carbocycles. The van der Waals surface area contributed by atoms with E-state index in [0.29, 0.717) is 18.5 Å². The summed E-state index contributed by atoms with van der Waals surface area (Å²) in [4.78, 5) is 26.6. The third kappa shape index (κ3) is 6.78. The van der Waals surface area contributed by atoms with Gasteiger partial charge in [-0.2, -0.15) is 0 Å². The molecule has 2 N–H and O–H groups in total. The van der Waals surface area contributed by atoms with Gasteiger partial charge < -0.3 is 10.6 Å². The lowest BCUT2D eigenvalue weighted by Crippen LogP contribution is -2.48. The van der Waals surface area contributed by atoms with Crippen LogP contribution in [0.15, 0.2) is 89.8 Å². The molecule has 5 heteroatoms. The van der Waals surface area contributed by atoms with Crippen LogP contribution in [0.5, 0.6) is 0 Å². The molecule has 4 nitrogen and oxygen atoms in total. The second kappa shape index (κ2) is 11.2. The highest BCUT2D eigenvalue weighted by Crippen LogP contribution is 2.17. The van der Waals surface area contributed by atoms with Gasteiger partial charge in [0.2, 0.25) is 5.91 Å². The number of rotatable bonds is 9. The molecule has 0 bridgehead atoms. The first-order chi connectivity index (χ1) is 14.6. The van der Waals surface area contributed by atoms with Gasteiger partial charge in [-0.05, 0) is 36.8 Å². The van der Waals surface area contributed by atoms with Crippen LogP contribution in [0.4, 0.5) is 0 Å². The third-order valence-corrected chi connectivity index (χ3v) is 5.65. The third-order valence-electron chi connectivity index (χ3n) is 4.63. The Bertz CT molecular complexity index is 944. The Labute approximate surface area is 182 Å². The molecule has 154 valence electrons. The molecule has 3 rings (SSSR count). The van der Waals surface area contributed by atoms with E-state index in [9.17, 15) is 9.59 Å². The van der Waals surface area contributed by atoms with E-state index in [1.807, 2.05) is 48.5 Å². The van der Waals surface area contributed by atoms with Crippen LogP contribution in [-0.4, -0.2) is 30.2 Å². The molecular weight excluding hydrogens is 392 g/mol. The van der Waals surface area contributed by atoms with E-state index >= 15 is 0 Å². The summed E-state index contributed by atoms with van der Waals surface area (Å²) in [6, 6.07) is 26.4. The maximum atomic E-state index is 12.8. The van der Waals surface area contributed by atoms with Gasteiger partial charge in [0.15, 0.2) is 0 Å². The predicted octanol–water partition coefficient (Wildman–Crippen LogP) is 4.24. The molecule has 0 aliphatic heterocycles. The minimum atomic E-state index is -0.635. The van der Waals surface area contributed by atoms with Gasteiger partial charge in [0.25, 0.3) is 5.91 Å². The SMILES string of the molecule is Cc1ccc(SCCNC(=O)C(Cc2ccccc2)NC(=O)c2ccccc2)cc1. The second-order valence-electron chi connectivity index (χ2n) is 7.03. The zero-order chi connectivity index (χ0) is 21.2. The van der Waals surface area contributed by atoms with Crippen LogP contribution in [0, 0.1) is 6.92 Å². The highest BCUT2D eigenvalue weighted by molar-refractivity contribution is 7.99. The molecule has 0 aliphatic rings. The molecule has 0 fully saturated rings. The molecule has 0 saturated heterocycles. The molecule has 0 aliphatic carbocycles. The largest absolute Gasteiger partial charge is 0.353 e. The van der Waals surface area contributed by atoms with Gasteiger partial charge in [0.05, 0.1) is 0 Å². The first-order valence-electron chi connectivity index (χ1n) is 9.99. The molecule has 0 heterocycles. The first-order valence-corrected chi connectivity index (χ1v) is 11.0. The molecule has 0 spiro atoms. The Hall–Kier alpha value is -3.05. The normalized spacial score (nSPS) is 11.5. The number of hydrogen-bond acceptors (Lipinski definition) is 3. The Balaban J connectivity index is 1.57. The van der Waals surface area contributed by atoms with Crippen LogP contribution >= 0.6 is 11.8 Å². The monoisotopic (exact) mass is 418 g/mol. The van der Waals surface area contributed by atoms with Crippen LogP contribution in [0.2, 0.25) is 0 Å². The summed E-state index contributed by atoms with van der Waals surface area (Å²) in [5.74, 6) is 0.341. The van der Waals surface area contributed by atoms with Crippen molar-refractivity contribution in [1.29, 1.82) is 0 Å². The standard InChI is InChI=1S/C25H26N2O2S/c1-19-12-14-22(15-13-19)30-17-16-26-25(29)23(18-20-8-4-2-5-9-20)27-24(28)21-10-6-3-7-11-21/h2-15,23H,16-18H2,1H3,(H,26,29)(H,27,28). The van der Waals surface area contributed by atoms with E-state index in [0.717, 1.165) is 11.3 Å². The van der Waals surface area contributed by atoms with Crippen molar-refractivity contribution in [3.05, 3.63) is 102 Å². The van der Waals surface area contributed by atoms with Crippen molar-refractivity contribution >= 4 is 23.6 Å². The lowest BCUT2D eigenvalue weighted by molar-refractivity contribution is -0.122. The van der Waals surface area contributed by atoms with Crippen molar-refractivity contribution < 1.29 is 9.59 Å². The average molecular weight is 419 g/mol. The van der Waals surface area contributed by atoms with Gasteiger partial charge in [-0.15, -0.1) is 11.8 Å². The smallest absolute Gasteiger partial charge is 0.251 e. The van der Waals surface area contributed by atoms with Crippen LogP contribution in [0.1, 0.15) is 21.5 Å². The average Bonchev–Trinajstić information content (AvgIpc) is 2.78. The maximum absolute atomic E-state index is 12.8.